The summed E-state index contributed by atoms with van der Waals surface area (Å²) >= 11 is 0. The van der Waals surface area contributed by atoms with Crippen LogP contribution < -0.4 is 5.32 Å². The summed E-state index contributed by atoms with van der Waals surface area (Å²) in [7, 11) is 0. The Bertz CT molecular complexity index is 398. The predicted molar refractivity (Wildman–Crippen MR) is 101 cm³/mol. The lowest BCUT2D eigenvalue weighted by molar-refractivity contribution is -0.130. The maximum Gasteiger partial charge on any atom is 0.219 e. The average molecular weight is 353 g/mol. The molecule has 0 aromatic carbocycles. The van der Waals surface area contributed by atoms with Gasteiger partial charge in [-0.05, 0) is 0 Å². The van der Waals surface area contributed by atoms with Gasteiger partial charge >= 0.3 is 0 Å². The Hall–Kier alpha value is -0.730. The first-order valence-corrected chi connectivity index (χ1v) is 10.1. The maximum atomic E-state index is 11.4. The second-order valence-electron chi connectivity index (χ2n) is 7.62. The Kier molecular flexibility index (Phi) is 7.49. The Morgan fingerprint density at radius 1 is 0.640 bits per heavy atom. The number of nitrogens with zero attached hydrogens (tertiary/aromatic N) is 5. The van der Waals surface area contributed by atoms with Gasteiger partial charge < -0.3 is 10.2 Å². The normalized spacial score (nSPS) is 25.4. The van der Waals surface area contributed by atoms with Crippen LogP contribution in [0, 0.1) is 0 Å². The van der Waals surface area contributed by atoms with Crippen LogP contribution in [-0.4, -0.2) is 135 Å². The van der Waals surface area contributed by atoms with Crippen molar-refractivity contribution in [3.63, 3.8) is 0 Å². The topological polar surface area (TPSA) is 45.3 Å². The second-order valence-corrected chi connectivity index (χ2v) is 7.62. The lowest BCUT2D eigenvalue weighted by Gasteiger charge is -2.38. The SMILES string of the molecule is CC(=O)N1CCN(CCN2CCN(CCN3CCNCC3)CC2)CC1. The Morgan fingerprint density at radius 3 is 1.40 bits per heavy atom. The number of nitrogens with one attached hydrogen (secondary N) is 1. The van der Waals surface area contributed by atoms with Crippen LogP contribution in [0.3, 0.4) is 0 Å². The summed E-state index contributed by atoms with van der Waals surface area (Å²) in [4.78, 5) is 23.7. The van der Waals surface area contributed by atoms with Crippen molar-refractivity contribution in [3.8, 4) is 0 Å². The van der Waals surface area contributed by atoms with Crippen LogP contribution >= 0.6 is 0 Å². The van der Waals surface area contributed by atoms with Crippen molar-refractivity contribution in [2.45, 2.75) is 6.92 Å². The molecular weight excluding hydrogens is 316 g/mol. The largest absolute Gasteiger partial charge is 0.340 e. The maximum absolute atomic E-state index is 11.4. The van der Waals surface area contributed by atoms with Gasteiger partial charge in [0.2, 0.25) is 5.91 Å². The Morgan fingerprint density at radius 2 is 1.00 bits per heavy atom. The number of carbonyl (C=O) groups is 1. The van der Waals surface area contributed by atoms with Gasteiger partial charge in [-0.25, -0.2) is 0 Å². The van der Waals surface area contributed by atoms with Crippen molar-refractivity contribution < 1.29 is 4.79 Å². The van der Waals surface area contributed by atoms with E-state index >= 15 is 0 Å². The van der Waals surface area contributed by atoms with Gasteiger partial charge in [-0.3, -0.25) is 24.4 Å². The first kappa shape index (κ1) is 19.0. The first-order chi connectivity index (χ1) is 12.2. The van der Waals surface area contributed by atoms with E-state index in [-0.39, 0.29) is 5.91 Å². The minimum Gasteiger partial charge on any atom is -0.340 e. The zero-order valence-electron chi connectivity index (χ0n) is 16.0. The van der Waals surface area contributed by atoms with Gasteiger partial charge in [0.05, 0.1) is 0 Å². The fourth-order valence-electron chi connectivity index (χ4n) is 4.02. The molecule has 3 aliphatic rings. The molecule has 3 saturated heterocycles. The summed E-state index contributed by atoms with van der Waals surface area (Å²) < 4.78 is 0. The van der Waals surface area contributed by atoms with Crippen molar-refractivity contribution in [2.24, 2.45) is 0 Å². The minimum absolute atomic E-state index is 0.219. The van der Waals surface area contributed by atoms with Gasteiger partial charge in [-0.1, -0.05) is 0 Å². The molecule has 0 spiro atoms. The van der Waals surface area contributed by atoms with E-state index in [1.807, 2.05) is 4.90 Å². The van der Waals surface area contributed by atoms with E-state index in [1.165, 1.54) is 58.9 Å². The monoisotopic (exact) mass is 352 g/mol. The summed E-state index contributed by atoms with van der Waals surface area (Å²) in [5, 5.41) is 3.42. The number of hydrogen-bond acceptors (Lipinski definition) is 6. The highest BCUT2D eigenvalue weighted by atomic mass is 16.2. The van der Waals surface area contributed by atoms with E-state index in [1.54, 1.807) is 6.92 Å². The van der Waals surface area contributed by atoms with Crippen molar-refractivity contribution in [1.29, 1.82) is 0 Å². The van der Waals surface area contributed by atoms with Crippen molar-refractivity contribution in [3.05, 3.63) is 0 Å². The van der Waals surface area contributed by atoms with Gasteiger partial charge in [0.25, 0.3) is 0 Å². The van der Waals surface area contributed by atoms with E-state index in [0.717, 1.165) is 45.8 Å². The van der Waals surface area contributed by atoms with E-state index in [2.05, 4.69) is 24.9 Å². The third kappa shape index (κ3) is 6.18. The third-order valence-electron chi connectivity index (χ3n) is 5.96. The lowest BCUT2D eigenvalue weighted by Crippen LogP contribution is -2.53. The minimum atomic E-state index is 0.219. The first-order valence-electron chi connectivity index (χ1n) is 10.1. The van der Waals surface area contributed by atoms with Crippen LogP contribution in [0.2, 0.25) is 0 Å². The molecule has 3 fully saturated rings. The molecule has 0 aliphatic carbocycles. The second kappa shape index (κ2) is 9.83. The molecule has 3 heterocycles. The van der Waals surface area contributed by atoms with E-state index in [0.29, 0.717) is 0 Å². The van der Waals surface area contributed by atoms with Crippen LogP contribution in [0.5, 0.6) is 0 Å². The van der Waals surface area contributed by atoms with Gasteiger partial charge in [0, 0.05) is 112 Å². The summed E-state index contributed by atoms with van der Waals surface area (Å²) in [6.07, 6.45) is 0. The molecule has 0 unspecified atom stereocenters. The van der Waals surface area contributed by atoms with Crippen LogP contribution in [0.25, 0.3) is 0 Å². The highest BCUT2D eigenvalue weighted by Gasteiger charge is 2.21. The van der Waals surface area contributed by atoms with E-state index < -0.39 is 0 Å². The van der Waals surface area contributed by atoms with Gasteiger partial charge in [0.15, 0.2) is 0 Å². The number of rotatable bonds is 6. The summed E-state index contributed by atoms with van der Waals surface area (Å²) in [6.45, 7) is 19.8. The van der Waals surface area contributed by atoms with Gasteiger partial charge in [-0.2, -0.15) is 0 Å². The van der Waals surface area contributed by atoms with Crippen molar-refractivity contribution in [2.75, 3.05) is 105 Å². The van der Waals surface area contributed by atoms with Crippen molar-refractivity contribution >= 4 is 5.91 Å². The molecule has 0 saturated carbocycles. The number of amides is 1. The number of piperazine rings is 3. The van der Waals surface area contributed by atoms with Crippen LogP contribution in [0.15, 0.2) is 0 Å². The molecule has 0 aromatic heterocycles. The molecule has 3 rings (SSSR count). The molecular formula is C18H36N6O. The van der Waals surface area contributed by atoms with Crippen molar-refractivity contribution in [1.82, 2.24) is 29.8 Å². The third-order valence-corrected chi connectivity index (χ3v) is 5.96. The summed E-state index contributed by atoms with van der Waals surface area (Å²) in [6, 6.07) is 0. The molecule has 0 radical (unpaired) electrons. The number of carbonyl (C=O) groups excluding carboxylic acids is 1. The van der Waals surface area contributed by atoms with Gasteiger partial charge in [0.1, 0.15) is 0 Å². The highest BCUT2D eigenvalue weighted by molar-refractivity contribution is 5.73. The standard InChI is InChI=1S/C18H36N6O/c1-18(25)24-16-14-23(15-17-24)13-12-22-10-8-21(9-11-22)7-6-20-4-2-19-3-5-20/h19H,2-17H2,1H3. The smallest absolute Gasteiger partial charge is 0.219 e. The molecule has 7 heteroatoms. The molecule has 0 bridgehead atoms. The molecule has 7 nitrogen and oxygen atoms in total. The Labute approximate surface area is 152 Å². The highest BCUT2D eigenvalue weighted by Crippen LogP contribution is 2.05. The summed E-state index contributed by atoms with van der Waals surface area (Å²) in [5.74, 6) is 0.219. The molecule has 1 amide bonds. The lowest BCUT2D eigenvalue weighted by atomic mass is 10.2. The quantitative estimate of drug-likeness (QED) is 0.639. The molecule has 0 aromatic rings. The molecule has 3 aliphatic heterocycles. The molecule has 144 valence electrons. The van der Waals surface area contributed by atoms with Crippen LogP contribution in [-0.2, 0) is 4.79 Å². The zero-order valence-corrected chi connectivity index (χ0v) is 16.0. The van der Waals surface area contributed by atoms with Crippen LogP contribution in [0.1, 0.15) is 6.92 Å². The molecule has 25 heavy (non-hydrogen) atoms. The van der Waals surface area contributed by atoms with Gasteiger partial charge in [-0.15, -0.1) is 0 Å². The Balaban J connectivity index is 1.25. The zero-order chi connectivity index (χ0) is 17.5. The predicted octanol–water partition coefficient (Wildman–Crippen LogP) is -1.33. The fraction of sp³-hybridized carbons (Fsp3) is 0.944. The van der Waals surface area contributed by atoms with E-state index in [4.69, 9.17) is 0 Å². The molecule has 1 N–H and O–H groups in total. The summed E-state index contributed by atoms with van der Waals surface area (Å²) in [5.41, 5.74) is 0. The molecule has 0 atom stereocenters. The fourth-order valence-corrected chi connectivity index (χ4v) is 4.02. The van der Waals surface area contributed by atoms with Crippen LogP contribution in [0.4, 0.5) is 0 Å². The van der Waals surface area contributed by atoms with E-state index in [9.17, 15) is 4.79 Å². The number of hydrogen-bond donors (Lipinski definition) is 1. The average Bonchev–Trinajstić information content (AvgIpc) is 2.67.